The van der Waals surface area contributed by atoms with E-state index in [9.17, 15) is 9.59 Å². The average molecular weight is 348 g/mol. The summed E-state index contributed by atoms with van der Waals surface area (Å²) in [6, 6.07) is 6.45. The Bertz CT molecular complexity index is 596. The predicted octanol–water partition coefficient (Wildman–Crippen LogP) is 2.22. The van der Waals surface area contributed by atoms with E-state index in [1.54, 1.807) is 38.1 Å². The van der Waals surface area contributed by atoms with E-state index < -0.39 is 11.5 Å². The first kappa shape index (κ1) is 19.4. The van der Waals surface area contributed by atoms with Crippen LogP contribution in [0.1, 0.15) is 45.6 Å². The second-order valence-electron chi connectivity index (χ2n) is 6.68. The normalized spacial score (nSPS) is 17.9. The summed E-state index contributed by atoms with van der Waals surface area (Å²) in [5, 5.41) is 15.1. The van der Waals surface area contributed by atoms with Gasteiger partial charge in [-0.1, -0.05) is 18.6 Å². The number of carbonyl (C=O) groups is 2. The number of ether oxygens (including phenoxy) is 1. The second kappa shape index (κ2) is 8.45. The van der Waals surface area contributed by atoms with Crippen molar-refractivity contribution in [3.63, 3.8) is 0 Å². The van der Waals surface area contributed by atoms with Crippen LogP contribution in [0.4, 0.5) is 5.69 Å². The minimum Gasteiger partial charge on any atom is -0.466 e. The van der Waals surface area contributed by atoms with Gasteiger partial charge in [0.2, 0.25) is 5.91 Å². The third-order valence-corrected chi connectivity index (χ3v) is 5.05. The lowest BCUT2D eigenvalue weighted by Crippen LogP contribution is -2.57. The number of esters is 1. The van der Waals surface area contributed by atoms with Crippen LogP contribution < -0.4 is 10.6 Å². The SMILES string of the molecule is CCOC(=O)C1(C(C)NC(C)C(=O)Nc2ccc(CO)cc2)CCC1. The molecule has 3 N–H and O–H groups in total. The van der Waals surface area contributed by atoms with Gasteiger partial charge in [0.15, 0.2) is 0 Å². The van der Waals surface area contributed by atoms with E-state index in [1.807, 2.05) is 6.92 Å². The van der Waals surface area contributed by atoms with Crippen molar-refractivity contribution in [1.82, 2.24) is 5.32 Å². The van der Waals surface area contributed by atoms with Crippen LogP contribution in [0.2, 0.25) is 0 Å². The summed E-state index contributed by atoms with van der Waals surface area (Å²) in [6.45, 7) is 5.87. The Balaban J connectivity index is 1.94. The maximum Gasteiger partial charge on any atom is 0.313 e. The summed E-state index contributed by atoms with van der Waals surface area (Å²) in [4.78, 5) is 24.7. The minimum absolute atomic E-state index is 0.0281. The average Bonchev–Trinajstić information content (AvgIpc) is 2.54. The molecule has 1 aliphatic rings. The Labute approximate surface area is 149 Å². The number of hydrogen-bond donors (Lipinski definition) is 3. The Morgan fingerprint density at radius 3 is 2.36 bits per heavy atom. The molecule has 1 aromatic carbocycles. The number of rotatable bonds is 8. The van der Waals surface area contributed by atoms with Crippen LogP contribution >= 0.6 is 0 Å². The highest BCUT2D eigenvalue weighted by atomic mass is 16.5. The lowest BCUT2D eigenvalue weighted by molar-refractivity contribution is -0.164. The molecule has 2 atom stereocenters. The van der Waals surface area contributed by atoms with Crippen molar-refractivity contribution >= 4 is 17.6 Å². The Kier molecular flexibility index (Phi) is 6.56. The first-order chi connectivity index (χ1) is 11.9. The molecule has 2 unspecified atom stereocenters. The molecule has 6 nitrogen and oxygen atoms in total. The van der Waals surface area contributed by atoms with Crippen LogP contribution in [-0.2, 0) is 20.9 Å². The van der Waals surface area contributed by atoms with Crippen LogP contribution in [0.5, 0.6) is 0 Å². The summed E-state index contributed by atoms with van der Waals surface area (Å²) >= 11 is 0. The van der Waals surface area contributed by atoms with Crippen LogP contribution in [0.25, 0.3) is 0 Å². The lowest BCUT2D eigenvalue weighted by Gasteiger charge is -2.44. The van der Waals surface area contributed by atoms with Crippen LogP contribution in [0, 0.1) is 5.41 Å². The number of benzene rings is 1. The lowest BCUT2D eigenvalue weighted by atomic mass is 9.64. The molecule has 1 fully saturated rings. The molecule has 1 amide bonds. The van der Waals surface area contributed by atoms with E-state index in [1.165, 1.54) is 0 Å². The molecule has 0 spiro atoms. The highest BCUT2D eigenvalue weighted by Crippen LogP contribution is 2.45. The van der Waals surface area contributed by atoms with E-state index in [0.29, 0.717) is 12.3 Å². The van der Waals surface area contributed by atoms with Gasteiger partial charge in [-0.3, -0.25) is 9.59 Å². The molecule has 138 valence electrons. The van der Waals surface area contributed by atoms with Gasteiger partial charge in [-0.05, 0) is 51.3 Å². The highest BCUT2D eigenvalue weighted by molar-refractivity contribution is 5.94. The number of aliphatic hydroxyl groups excluding tert-OH is 1. The van der Waals surface area contributed by atoms with Crippen LogP contribution in [0.3, 0.4) is 0 Å². The summed E-state index contributed by atoms with van der Waals surface area (Å²) in [6.07, 6.45) is 2.58. The zero-order chi connectivity index (χ0) is 18.4. The Morgan fingerprint density at radius 1 is 1.24 bits per heavy atom. The van der Waals surface area contributed by atoms with Crippen LogP contribution in [0.15, 0.2) is 24.3 Å². The molecular formula is C19H28N2O4. The zero-order valence-corrected chi connectivity index (χ0v) is 15.2. The molecule has 2 rings (SSSR count). The van der Waals surface area contributed by atoms with Crippen molar-refractivity contribution in [3.8, 4) is 0 Å². The maximum absolute atomic E-state index is 12.4. The third kappa shape index (κ3) is 4.38. The number of amides is 1. The summed E-state index contributed by atoms with van der Waals surface area (Å²) < 4.78 is 5.23. The molecule has 0 saturated heterocycles. The quantitative estimate of drug-likeness (QED) is 0.627. The van der Waals surface area contributed by atoms with Gasteiger partial charge in [0.05, 0.1) is 24.7 Å². The van der Waals surface area contributed by atoms with E-state index in [0.717, 1.165) is 24.8 Å². The number of nitrogens with one attached hydrogen (secondary N) is 2. The molecule has 1 aromatic rings. The van der Waals surface area contributed by atoms with E-state index >= 15 is 0 Å². The molecule has 25 heavy (non-hydrogen) atoms. The van der Waals surface area contributed by atoms with Crippen molar-refractivity contribution in [3.05, 3.63) is 29.8 Å². The van der Waals surface area contributed by atoms with Crippen LogP contribution in [-0.4, -0.2) is 35.7 Å². The maximum atomic E-state index is 12.4. The Morgan fingerprint density at radius 2 is 1.88 bits per heavy atom. The van der Waals surface area contributed by atoms with Crippen molar-refractivity contribution in [2.75, 3.05) is 11.9 Å². The molecule has 1 aliphatic carbocycles. The highest BCUT2D eigenvalue weighted by Gasteiger charge is 2.50. The number of carbonyl (C=O) groups excluding carboxylic acids is 2. The fraction of sp³-hybridized carbons (Fsp3) is 0.579. The summed E-state index contributed by atoms with van der Waals surface area (Å²) in [7, 11) is 0. The number of anilines is 1. The molecule has 1 saturated carbocycles. The second-order valence-corrected chi connectivity index (χ2v) is 6.68. The fourth-order valence-corrected chi connectivity index (χ4v) is 3.20. The first-order valence-corrected chi connectivity index (χ1v) is 8.87. The van der Waals surface area contributed by atoms with Crippen molar-refractivity contribution in [2.45, 2.75) is 58.7 Å². The van der Waals surface area contributed by atoms with Crippen molar-refractivity contribution in [1.29, 1.82) is 0 Å². The summed E-state index contributed by atoms with van der Waals surface area (Å²) in [5.41, 5.74) is 0.944. The predicted molar refractivity (Wildman–Crippen MR) is 96.0 cm³/mol. The zero-order valence-electron chi connectivity index (χ0n) is 15.2. The van der Waals surface area contributed by atoms with Gasteiger partial charge in [-0.15, -0.1) is 0 Å². The first-order valence-electron chi connectivity index (χ1n) is 8.87. The Hall–Kier alpha value is -1.92. The standard InChI is InChI=1S/C19H28N2O4/c1-4-25-18(24)19(10-5-11-19)14(3)20-13(2)17(23)21-16-8-6-15(12-22)7-9-16/h6-9,13-14,20,22H,4-5,10-12H2,1-3H3,(H,21,23). The number of hydrogen-bond acceptors (Lipinski definition) is 5. The monoisotopic (exact) mass is 348 g/mol. The van der Waals surface area contributed by atoms with E-state index in [4.69, 9.17) is 9.84 Å². The van der Waals surface area contributed by atoms with Gasteiger partial charge >= 0.3 is 5.97 Å². The van der Waals surface area contributed by atoms with Crippen molar-refractivity contribution in [2.24, 2.45) is 5.41 Å². The van der Waals surface area contributed by atoms with Gasteiger partial charge in [-0.2, -0.15) is 0 Å². The largest absolute Gasteiger partial charge is 0.466 e. The topological polar surface area (TPSA) is 87.7 Å². The van der Waals surface area contributed by atoms with Gasteiger partial charge in [0.25, 0.3) is 0 Å². The third-order valence-electron chi connectivity index (χ3n) is 5.05. The van der Waals surface area contributed by atoms with Gasteiger partial charge in [0, 0.05) is 11.7 Å². The molecule has 0 radical (unpaired) electrons. The molecular weight excluding hydrogens is 320 g/mol. The molecule has 6 heteroatoms. The van der Waals surface area contributed by atoms with Gasteiger partial charge in [0.1, 0.15) is 0 Å². The molecule has 0 bridgehead atoms. The van der Waals surface area contributed by atoms with Gasteiger partial charge in [-0.25, -0.2) is 0 Å². The van der Waals surface area contributed by atoms with E-state index in [2.05, 4.69) is 10.6 Å². The smallest absolute Gasteiger partial charge is 0.313 e. The summed E-state index contributed by atoms with van der Waals surface area (Å²) in [5.74, 6) is -0.338. The molecule has 0 aromatic heterocycles. The molecule has 0 heterocycles. The number of aliphatic hydroxyl groups is 1. The van der Waals surface area contributed by atoms with Gasteiger partial charge < -0.3 is 20.5 Å². The minimum atomic E-state index is -0.521. The van der Waals surface area contributed by atoms with Crippen molar-refractivity contribution < 1.29 is 19.4 Å². The fourth-order valence-electron chi connectivity index (χ4n) is 3.20. The van der Waals surface area contributed by atoms with E-state index in [-0.39, 0.29) is 24.5 Å². The molecule has 0 aliphatic heterocycles.